The molecule has 2 N–H and O–H groups in total. The van der Waals surface area contributed by atoms with Gasteiger partial charge in [-0.1, -0.05) is 13.3 Å². The molecule has 0 aromatic rings. The van der Waals surface area contributed by atoms with Gasteiger partial charge in [-0.15, -0.1) is 0 Å². The Balaban J connectivity index is 2.32. The Labute approximate surface area is 97.5 Å². The fraction of sp³-hybridized carbons (Fsp3) is 0.917. The molecule has 4 heteroatoms. The molecule has 1 aliphatic carbocycles. The van der Waals surface area contributed by atoms with E-state index in [4.69, 9.17) is 15.2 Å². The molecule has 16 heavy (non-hydrogen) atoms. The van der Waals surface area contributed by atoms with Crippen LogP contribution in [0.5, 0.6) is 0 Å². The minimum Gasteiger partial charge on any atom is -0.461 e. The third-order valence-electron chi connectivity index (χ3n) is 3.10. The Morgan fingerprint density at radius 1 is 1.44 bits per heavy atom. The molecular formula is C12H23NO3. The van der Waals surface area contributed by atoms with Crippen LogP contribution in [0.15, 0.2) is 0 Å². The number of carbonyl (C=O) groups excluding carboxylic acids is 1. The smallest absolute Gasteiger partial charge is 0.323 e. The number of hydrogen-bond donors (Lipinski definition) is 1. The van der Waals surface area contributed by atoms with Crippen LogP contribution in [-0.2, 0) is 14.3 Å². The van der Waals surface area contributed by atoms with Crippen molar-refractivity contribution in [3.8, 4) is 0 Å². The zero-order valence-corrected chi connectivity index (χ0v) is 10.3. The largest absolute Gasteiger partial charge is 0.461 e. The predicted molar refractivity (Wildman–Crippen MR) is 62.0 cm³/mol. The van der Waals surface area contributed by atoms with E-state index in [-0.39, 0.29) is 18.2 Å². The van der Waals surface area contributed by atoms with E-state index in [0.717, 1.165) is 32.1 Å². The van der Waals surface area contributed by atoms with Gasteiger partial charge in [0.25, 0.3) is 0 Å². The standard InChI is InChI=1S/C12H23NO3/c1-3-5-11(13)12(14)16-10-7-4-6-9(8-10)15-2/h9-11H,3-8,13H2,1-2H3. The monoisotopic (exact) mass is 229 g/mol. The molecule has 1 aliphatic rings. The average molecular weight is 229 g/mol. The minimum absolute atomic E-state index is 0.00546. The summed E-state index contributed by atoms with van der Waals surface area (Å²) in [5, 5.41) is 0. The Morgan fingerprint density at radius 2 is 2.12 bits per heavy atom. The lowest BCUT2D eigenvalue weighted by Gasteiger charge is -2.28. The first kappa shape index (κ1) is 13.5. The van der Waals surface area contributed by atoms with Crippen LogP contribution in [0, 0.1) is 0 Å². The number of nitrogens with two attached hydrogens (primary N) is 1. The summed E-state index contributed by atoms with van der Waals surface area (Å²) < 4.78 is 10.7. The summed E-state index contributed by atoms with van der Waals surface area (Å²) in [6, 6.07) is -0.465. The van der Waals surface area contributed by atoms with Crippen LogP contribution in [-0.4, -0.2) is 31.3 Å². The van der Waals surface area contributed by atoms with E-state index >= 15 is 0 Å². The van der Waals surface area contributed by atoms with Crippen molar-refractivity contribution in [1.29, 1.82) is 0 Å². The van der Waals surface area contributed by atoms with Crippen LogP contribution in [0.25, 0.3) is 0 Å². The third kappa shape index (κ3) is 4.10. The van der Waals surface area contributed by atoms with Crippen molar-refractivity contribution in [2.24, 2.45) is 5.73 Å². The van der Waals surface area contributed by atoms with Crippen molar-refractivity contribution in [2.75, 3.05) is 7.11 Å². The highest BCUT2D eigenvalue weighted by Crippen LogP contribution is 2.23. The van der Waals surface area contributed by atoms with Gasteiger partial charge in [0.1, 0.15) is 12.1 Å². The molecular weight excluding hydrogens is 206 g/mol. The molecule has 0 bridgehead atoms. The van der Waals surface area contributed by atoms with Crippen LogP contribution < -0.4 is 5.73 Å². The van der Waals surface area contributed by atoms with E-state index in [1.54, 1.807) is 7.11 Å². The van der Waals surface area contributed by atoms with Gasteiger partial charge in [0.15, 0.2) is 0 Å². The highest BCUT2D eigenvalue weighted by molar-refractivity contribution is 5.75. The van der Waals surface area contributed by atoms with Crippen LogP contribution in [0.2, 0.25) is 0 Å². The molecule has 1 fully saturated rings. The summed E-state index contributed by atoms with van der Waals surface area (Å²) in [5.74, 6) is -0.261. The van der Waals surface area contributed by atoms with E-state index in [0.29, 0.717) is 6.42 Å². The van der Waals surface area contributed by atoms with Gasteiger partial charge in [-0.25, -0.2) is 0 Å². The maximum atomic E-state index is 11.6. The first-order valence-corrected chi connectivity index (χ1v) is 6.16. The fourth-order valence-corrected chi connectivity index (χ4v) is 2.10. The van der Waals surface area contributed by atoms with Gasteiger partial charge >= 0.3 is 5.97 Å². The second-order valence-electron chi connectivity index (χ2n) is 4.48. The maximum Gasteiger partial charge on any atom is 0.323 e. The average Bonchev–Trinajstić information content (AvgIpc) is 2.29. The molecule has 4 nitrogen and oxygen atoms in total. The van der Waals surface area contributed by atoms with Crippen LogP contribution >= 0.6 is 0 Å². The molecule has 1 rings (SSSR count). The minimum atomic E-state index is -0.465. The normalized spacial score (nSPS) is 27.4. The van der Waals surface area contributed by atoms with Crippen molar-refractivity contribution < 1.29 is 14.3 Å². The van der Waals surface area contributed by atoms with Gasteiger partial charge in [0, 0.05) is 13.5 Å². The van der Waals surface area contributed by atoms with Crippen molar-refractivity contribution in [3.63, 3.8) is 0 Å². The molecule has 3 atom stereocenters. The van der Waals surface area contributed by atoms with Gasteiger partial charge in [0.05, 0.1) is 6.10 Å². The molecule has 0 heterocycles. The fourth-order valence-electron chi connectivity index (χ4n) is 2.10. The number of hydrogen-bond acceptors (Lipinski definition) is 4. The highest BCUT2D eigenvalue weighted by Gasteiger charge is 2.26. The summed E-state index contributed by atoms with van der Waals surface area (Å²) in [4.78, 5) is 11.6. The van der Waals surface area contributed by atoms with E-state index < -0.39 is 6.04 Å². The molecule has 0 aliphatic heterocycles. The Morgan fingerprint density at radius 3 is 2.75 bits per heavy atom. The third-order valence-corrected chi connectivity index (χ3v) is 3.10. The number of ether oxygens (including phenoxy) is 2. The second-order valence-corrected chi connectivity index (χ2v) is 4.48. The maximum absolute atomic E-state index is 11.6. The first-order chi connectivity index (χ1) is 7.67. The summed E-state index contributed by atoms with van der Waals surface area (Å²) in [6.07, 6.45) is 5.68. The van der Waals surface area contributed by atoms with Gasteiger partial charge in [0.2, 0.25) is 0 Å². The van der Waals surface area contributed by atoms with Gasteiger partial charge < -0.3 is 15.2 Å². The Hall–Kier alpha value is -0.610. The summed E-state index contributed by atoms with van der Waals surface area (Å²) in [7, 11) is 1.71. The molecule has 0 amide bonds. The van der Waals surface area contributed by atoms with Crippen molar-refractivity contribution in [3.05, 3.63) is 0 Å². The first-order valence-electron chi connectivity index (χ1n) is 6.16. The van der Waals surface area contributed by atoms with Crippen molar-refractivity contribution in [2.45, 2.75) is 63.7 Å². The second kappa shape index (κ2) is 6.86. The zero-order valence-electron chi connectivity index (χ0n) is 10.3. The number of carbonyl (C=O) groups is 1. The van der Waals surface area contributed by atoms with Gasteiger partial charge in [-0.3, -0.25) is 4.79 Å². The summed E-state index contributed by atoms with van der Waals surface area (Å²) in [6.45, 7) is 2.01. The van der Waals surface area contributed by atoms with Crippen LogP contribution in [0.3, 0.4) is 0 Å². The SMILES string of the molecule is CCCC(N)C(=O)OC1CCCC(OC)C1. The molecule has 0 saturated heterocycles. The van der Waals surface area contributed by atoms with E-state index in [1.807, 2.05) is 6.92 Å². The molecule has 0 aromatic heterocycles. The Kier molecular flexibility index (Phi) is 5.77. The molecule has 1 saturated carbocycles. The number of rotatable bonds is 5. The number of methoxy groups -OCH3 is 1. The van der Waals surface area contributed by atoms with E-state index in [1.165, 1.54) is 0 Å². The number of esters is 1. The van der Waals surface area contributed by atoms with Crippen molar-refractivity contribution >= 4 is 5.97 Å². The predicted octanol–water partition coefficient (Wildman–Crippen LogP) is 1.61. The molecule has 94 valence electrons. The van der Waals surface area contributed by atoms with E-state index in [9.17, 15) is 4.79 Å². The van der Waals surface area contributed by atoms with Gasteiger partial charge in [-0.05, 0) is 25.7 Å². The Bertz CT molecular complexity index is 220. The lowest BCUT2D eigenvalue weighted by Crippen LogP contribution is -2.37. The molecule has 0 radical (unpaired) electrons. The van der Waals surface area contributed by atoms with E-state index in [2.05, 4.69) is 0 Å². The topological polar surface area (TPSA) is 61.6 Å². The highest BCUT2D eigenvalue weighted by atomic mass is 16.5. The summed E-state index contributed by atoms with van der Waals surface area (Å²) >= 11 is 0. The molecule has 0 aromatic carbocycles. The van der Waals surface area contributed by atoms with Gasteiger partial charge in [-0.2, -0.15) is 0 Å². The van der Waals surface area contributed by atoms with Crippen LogP contribution in [0.1, 0.15) is 45.4 Å². The quantitative estimate of drug-likeness (QED) is 0.728. The molecule has 3 unspecified atom stereocenters. The van der Waals surface area contributed by atoms with Crippen molar-refractivity contribution in [1.82, 2.24) is 0 Å². The van der Waals surface area contributed by atoms with Crippen LogP contribution in [0.4, 0.5) is 0 Å². The lowest BCUT2D eigenvalue weighted by molar-refractivity contribution is -0.154. The lowest BCUT2D eigenvalue weighted by atomic mass is 9.95. The summed E-state index contributed by atoms with van der Waals surface area (Å²) in [5.41, 5.74) is 5.71. The molecule has 0 spiro atoms. The zero-order chi connectivity index (χ0) is 12.0.